The largest absolute Gasteiger partial charge is 0.347 e. The van der Waals surface area contributed by atoms with Crippen molar-refractivity contribution in [2.75, 3.05) is 0 Å². The number of non-ortho nitro benzene ring substituents is 1. The van der Waals surface area contributed by atoms with Crippen LogP contribution in [0.4, 0.5) is 10.1 Å². The first-order chi connectivity index (χ1) is 9.47. The van der Waals surface area contributed by atoms with E-state index in [1.807, 2.05) is 0 Å². The zero-order valence-corrected chi connectivity index (χ0v) is 11.5. The van der Waals surface area contributed by atoms with Crippen LogP contribution in [0.5, 0.6) is 0 Å². The molecule has 0 spiro atoms. The van der Waals surface area contributed by atoms with Gasteiger partial charge in [-0.15, -0.1) is 11.3 Å². The van der Waals surface area contributed by atoms with Crippen molar-refractivity contribution in [2.24, 2.45) is 0 Å². The van der Waals surface area contributed by atoms with E-state index >= 15 is 0 Å². The summed E-state index contributed by atoms with van der Waals surface area (Å²) in [5.74, 6) is -1.52. The Labute approximate surface area is 122 Å². The van der Waals surface area contributed by atoms with Gasteiger partial charge in [0.25, 0.3) is 11.6 Å². The van der Waals surface area contributed by atoms with E-state index in [4.69, 9.17) is 11.6 Å². The number of nitrogens with one attached hydrogen (secondary N) is 1. The molecule has 0 aliphatic heterocycles. The summed E-state index contributed by atoms with van der Waals surface area (Å²) in [5, 5.41) is 13.1. The molecule has 8 heteroatoms. The number of halogens is 2. The SMILES string of the molecule is O=C(NCc1ccc(Cl)s1)c1cc([N+](=O)[O-])ccc1F. The van der Waals surface area contributed by atoms with Crippen molar-refractivity contribution in [3.8, 4) is 0 Å². The topological polar surface area (TPSA) is 72.2 Å². The van der Waals surface area contributed by atoms with E-state index in [2.05, 4.69) is 5.32 Å². The van der Waals surface area contributed by atoms with Gasteiger partial charge < -0.3 is 5.32 Å². The fourth-order valence-electron chi connectivity index (χ4n) is 1.51. The van der Waals surface area contributed by atoms with E-state index in [0.717, 1.165) is 23.1 Å². The van der Waals surface area contributed by atoms with E-state index in [1.54, 1.807) is 12.1 Å². The Morgan fingerprint density at radius 1 is 1.40 bits per heavy atom. The Bertz CT molecular complexity index is 674. The third-order valence-corrected chi connectivity index (χ3v) is 3.69. The molecular weight excluding hydrogens is 307 g/mol. The summed E-state index contributed by atoms with van der Waals surface area (Å²) in [6, 6.07) is 6.23. The maximum atomic E-state index is 13.5. The highest BCUT2D eigenvalue weighted by molar-refractivity contribution is 7.16. The molecule has 5 nitrogen and oxygen atoms in total. The van der Waals surface area contributed by atoms with Gasteiger partial charge in [0.05, 0.1) is 21.4 Å². The van der Waals surface area contributed by atoms with Crippen LogP contribution < -0.4 is 5.32 Å². The number of carbonyl (C=O) groups excluding carboxylic acids is 1. The zero-order valence-electron chi connectivity index (χ0n) is 9.93. The minimum atomic E-state index is -0.808. The highest BCUT2D eigenvalue weighted by Crippen LogP contribution is 2.21. The monoisotopic (exact) mass is 314 g/mol. The molecule has 0 unspecified atom stereocenters. The van der Waals surface area contributed by atoms with Crippen LogP contribution in [-0.2, 0) is 6.54 Å². The molecule has 0 saturated heterocycles. The molecule has 1 amide bonds. The number of nitro groups is 1. The van der Waals surface area contributed by atoms with Crippen LogP contribution in [0.25, 0.3) is 0 Å². The minimum Gasteiger partial charge on any atom is -0.347 e. The van der Waals surface area contributed by atoms with Crippen LogP contribution in [0.3, 0.4) is 0 Å². The first kappa shape index (κ1) is 14.4. The third-order valence-electron chi connectivity index (χ3n) is 2.46. The van der Waals surface area contributed by atoms with Gasteiger partial charge in [-0.05, 0) is 18.2 Å². The van der Waals surface area contributed by atoms with Crippen LogP contribution in [-0.4, -0.2) is 10.8 Å². The quantitative estimate of drug-likeness (QED) is 0.694. The smallest absolute Gasteiger partial charge is 0.270 e. The van der Waals surface area contributed by atoms with E-state index in [9.17, 15) is 19.3 Å². The van der Waals surface area contributed by atoms with Crippen LogP contribution in [0, 0.1) is 15.9 Å². The van der Waals surface area contributed by atoms with Gasteiger partial charge >= 0.3 is 0 Å². The van der Waals surface area contributed by atoms with Crippen LogP contribution in [0.15, 0.2) is 30.3 Å². The Hall–Kier alpha value is -1.99. The summed E-state index contributed by atoms with van der Waals surface area (Å²) in [7, 11) is 0. The van der Waals surface area contributed by atoms with Gasteiger partial charge in [-0.3, -0.25) is 14.9 Å². The molecule has 1 aromatic heterocycles. The Morgan fingerprint density at radius 3 is 2.75 bits per heavy atom. The molecule has 0 atom stereocenters. The second-order valence-electron chi connectivity index (χ2n) is 3.81. The summed E-state index contributed by atoms with van der Waals surface area (Å²) >= 11 is 7.03. The van der Waals surface area contributed by atoms with E-state index in [1.165, 1.54) is 11.3 Å². The normalized spacial score (nSPS) is 10.3. The maximum Gasteiger partial charge on any atom is 0.270 e. The molecule has 0 bridgehead atoms. The Morgan fingerprint density at radius 2 is 2.15 bits per heavy atom. The molecule has 1 aromatic carbocycles. The summed E-state index contributed by atoms with van der Waals surface area (Å²) in [6.07, 6.45) is 0. The lowest BCUT2D eigenvalue weighted by Gasteiger charge is -2.04. The summed E-state index contributed by atoms with van der Waals surface area (Å²) in [4.78, 5) is 22.5. The molecule has 0 saturated carbocycles. The fourth-order valence-corrected chi connectivity index (χ4v) is 2.54. The molecule has 1 N–H and O–H groups in total. The van der Waals surface area contributed by atoms with Crippen molar-refractivity contribution in [2.45, 2.75) is 6.54 Å². The zero-order chi connectivity index (χ0) is 14.7. The van der Waals surface area contributed by atoms with Gasteiger partial charge in [-0.1, -0.05) is 11.6 Å². The van der Waals surface area contributed by atoms with E-state index in [-0.39, 0.29) is 17.8 Å². The molecule has 0 radical (unpaired) electrons. The van der Waals surface area contributed by atoms with Crippen molar-refractivity contribution in [1.29, 1.82) is 0 Å². The summed E-state index contributed by atoms with van der Waals surface area (Å²) < 4.78 is 14.1. The van der Waals surface area contributed by atoms with E-state index < -0.39 is 16.6 Å². The van der Waals surface area contributed by atoms with Gasteiger partial charge in [-0.2, -0.15) is 0 Å². The van der Waals surface area contributed by atoms with Crippen LogP contribution in [0.1, 0.15) is 15.2 Å². The second kappa shape index (κ2) is 5.98. The summed E-state index contributed by atoms with van der Waals surface area (Å²) in [5.41, 5.74) is -0.697. The molecule has 0 fully saturated rings. The van der Waals surface area contributed by atoms with E-state index in [0.29, 0.717) is 4.34 Å². The Balaban J connectivity index is 2.12. The second-order valence-corrected chi connectivity index (χ2v) is 5.61. The maximum absolute atomic E-state index is 13.5. The molecular formula is C12H8ClFN2O3S. The van der Waals surface area contributed by atoms with Gasteiger partial charge in [0, 0.05) is 17.0 Å². The van der Waals surface area contributed by atoms with Crippen LogP contribution in [0.2, 0.25) is 4.34 Å². The number of hydrogen-bond acceptors (Lipinski definition) is 4. The first-order valence-electron chi connectivity index (χ1n) is 5.43. The lowest BCUT2D eigenvalue weighted by atomic mass is 10.1. The number of benzene rings is 1. The number of carbonyl (C=O) groups is 1. The number of nitro benzene ring substituents is 1. The number of rotatable bonds is 4. The first-order valence-corrected chi connectivity index (χ1v) is 6.63. The Kier molecular flexibility index (Phi) is 4.31. The van der Waals surface area contributed by atoms with Gasteiger partial charge in [0.15, 0.2) is 0 Å². The summed E-state index contributed by atoms with van der Waals surface area (Å²) in [6.45, 7) is 0.179. The average Bonchev–Trinajstić information content (AvgIpc) is 2.82. The minimum absolute atomic E-state index is 0.179. The fraction of sp³-hybridized carbons (Fsp3) is 0.0833. The molecule has 104 valence electrons. The predicted octanol–water partition coefficient (Wildman–Crippen LogP) is 3.38. The lowest BCUT2D eigenvalue weighted by Crippen LogP contribution is -2.23. The third kappa shape index (κ3) is 3.31. The van der Waals surface area contributed by atoms with Crippen molar-refractivity contribution in [3.05, 3.63) is 61.0 Å². The van der Waals surface area contributed by atoms with Gasteiger partial charge in [0.2, 0.25) is 0 Å². The van der Waals surface area contributed by atoms with Crippen molar-refractivity contribution < 1.29 is 14.1 Å². The van der Waals surface area contributed by atoms with Crippen molar-refractivity contribution in [3.63, 3.8) is 0 Å². The molecule has 0 aliphatic carbocycles. The molecule has 1 heterocycles. The molecule has 2 aromatic rings. The molecule has 20 heavy (non-hydrogen) atoms. The molecule has 2 rings (SSSR count). The highest BCUT2D eigenvalue weighted by atomic mass is 35.5. The van der Waals surface area contributed by atoms with Crippen molar-refractivity contribution in [1.82, 2.24) is 5.32 Å². The number of amides is 1. The van der Waals surface area contributed by atoms with Gasteiger partial charge in [0.1, 0.15) is 5.82 Å². The average molecular weight is 315 g/mol. The predicted molar refractivity (Wildman–Crippen MR) is 73.6 cm³/mol. The standard InChI is InChI=1S/C12H8ClFN2O3S/c13-11-4-2-8(20-11)6-15-12(17)9-5-7(16(18)19)1-3-10(9)14/h1-5H,6H2,(H,15,17). The number of nitrogens with zero attached hydrogens (tertiary/aromatic N) is 1. The van der Waals surface area contributed by atoms with Crippen molar-refractivity contribution >= 4 is 34.5 Å². The lowest BCUT2D eigenvalue weighted by molar-refractivity contribution is -0.384. The van der Waals surface area contributed by atoms with Crippen LogP contribution >= 0.6 is 22.9 Å². The van der Waals surface area contributed by atoms with Gasteiger partial charge in [-0.25, -0.2) is 4.39 Å². The number of thiophene rings is 1. The molecule has 0 aliphatic rings. The number of hydrogen-bond donors (Lipinski definition) is 1. The highest BCUT2D eigenvalue weighted by Gasteiger charge is 2.16.